The van der Waals surface area contributed by atoms with E-state index in [0.717, 1.165) is 11.4 Å². The first kappa shape index (κ1) is 14.4. The minimum atomic E-state index is -0.122. The molecule has 21 heavy (non-hydrogen) atoms. The Morgan fingerprint density at radius 3 is 3.05 bits per heavy atom. The number of hydrogen-bond donors (Lipinski definition) is 2. The summed E-state index contributed by atoms with van der Waals surface area (Å²) in [6, 6.07) is 5.53. The van der Waals surface area contributed by atoms with Crippen molar-refractivity contribution >= 4 is 35.0 Å². The van der Waals surface area contributed by atoms with Crippen LogP contribution in [0.2, 0.25) is 5.02 Å². The average molecular weight is 323 g/mol. The summed E-state index contributed by atoms with van der Waals surface area (Å²) in [6.07, 6.45) is 2.34. The van der Waals surface area contributed by atoms with E-state index in [0.29, 0.717) is 21.8 Å². The van der Waals surface area contributed by atoms with Gasteiger partial charge in [-0.15, -0.1) is 5.10 Å². The van der Waals surface area contributed by atoms with Gasteiger partial charge in [0.15, 0.2) is 0 Å². The van der Waals surface area contributed by atoms with Crippen molar-refractivity contribution in [2.75, 3.05) is 11.1 Å². The molecule has 0 aliphatic heterocycles. The number of benzene rings is 1. The summed E-state index contributed by atoms with van der Waals surface area (Å²) in [5.41, 5.74) is 1.68. The lowest BCUT2D eigenvalue weighted by Crippen LogP contribution is -2.14. The normalized spacial score (nSPS) is 14.2. The van der Waals surface area contributed by atoms with E-state index in [2.05, 4.69) is 20.5 Å². The molecule has 1 aromatic carbocycles. The number of thioether (sulfide) groups is 1. The smallest absolute Gasteiger partial charge is 0.234 e. The predicted molar refractivity (Wildman–Crippen MR) is 83.9 cm³/mol. The van der Waals surface area contributed by atoms with E-state index in [1.807, 2.05) is 19.1 Å². The van der Waals surface area contributed by atoms with Gasteiger partial charge in [0.25, 0.3) is 0 Å². The van der Waals surface area contributed by atoms with Gasteiger partial charge < -0.3 is 5.32 Å². The van der Waals surface area contributed by atoms with Crippen LogP contribution in [0.5, 0.6) is 0 Å². The number of amides is 1. The van der Waals surface area contributed by atoms with Gasteiger partial charge in [-0.3, -0.25) is 9.89 Å². The Labute approximate surface area is 131 Å². The SMILES string of the molecule is Cc1ccc(NC(=O)CSc2n[nH]c(C3CC3)n2)c(Cl)c1. The molecule has 1 saturated carbocycles. The number of anilines is 1. The number of aromatic amines is 1. The fourth-order valence-electron chi connectivity index (χ4n) is 1.90. The summed E-state index contributed by atoms with van der Waals surface area (Å²) < 4.78 is 0. The summed E-state index contributed by atoms with van der Waals surface area (Å²) in [5, 5.41) is 11.0. The zero-order chi connectivity index (χ0) is 14.8. The summed E-state index contributed by atoms with van der Waals surface area (Å²) in [7, 11) is 0. The molecule has 5 nitrogen and oxygen atoms in total. The lowest BCUT2D eigenvalue weighted by molar-refractivity contribution is -0.113. The van der Waals surface area contributed by atoms with Crippen molar-refractivity contribution in [1.29, 1.82) is 0 Å². The third-order valence-electron chi connectivity index (χ3n) is 3.18. The first-order chi connectivity index (χ1) is 10.1. The van der Waals surface area contributed by atoms with Crippen LogP contribution >= 0.6 is 23.4 Å². The molecule has 1 fully saturated rings. The Morgan fingerprint density at radius 2 is 2.33 bits per heavy atom. The van der Waals surface area contributed by atoms with Crippen molar-refractivity contribution in [3.05, 3.63) is 34.6 Å². The number of hydrogen-bond acceptors (Lipinski definition) is 4. The fraction of sp³-hybridized carbons (Fsp3) is 0.357. The number of carbonyl (C=O) groups excluding carboxylic acids is 1. The molecule has 1 aromatic heterocycles. The first-order valence-electron chi connectivity index (χ1n) is 6.73. The standard InChI is InChI=1S/C14H15ClN4OS/c1-8-2-5-11(10(15)6-8)16-12(20)7-21-14-17-13(18-19-14)9-3-4-9/h2,5-6,9H,3-4,7H2,1H3,(H,16,20)(H,17,18,19). The van der Waals surface area contributed by atoms with Crippen LogP contribution in [0.4, 0.5) is 5.69 Å². The van der Waals surface area contributed by atoms with Crippen molar-refractivity contribution in [1.82, 2.24) is 15.2 Å². The number of nitrogens with zero attached hydrogens (tertiary/aromatic N) is 2. The Kier molecular flexibility index (Phi) is 4.17. The van der Waals surface area contributed by atoms with Crippen LogP contribution in [0.25, 0.3) is 0 Å². The van der Waals surface area contributed by atoms with Gasteiger partial charge in [0, 0.05) is 5.92 Å². The molecule has 1 amide bonds. The van der Waals surface area contributed by atoms with Crippen LogP contribution in [0.3, 0.4) is 0 Å². The van der Waals surface area contributed by atoms with E-state index in [1.165, 1.54) is 24.6 Å². The first-order valence-corrected chi connectivity index (χ1v) is 8.09. The summed E-state index contributed by atoms with van der Waals surface area (Å²) in [5.74, 6) is 1.60. The third kappa shape index (κ3) is 3.77. The van der Waals surface area contributed by atoms with Crippen molar-refractivity contribution in [3.63, 3.8) is 0 Å². The molecule has 3 rings (SSSR count). The minimum Gasteiger partial charge on any atom is -0.324 e. The van der Waals surface area contributed by atoms with Crippen molar-refractivity contribution < 1.29 is 4.79 Å². The van der Waals surface area contributed by atoms with Crippen LogP contribution in [0.15, 0.2) is 23.4 Å². The van der Waals surface area contributed by atoms with E-state index in [-0.39, 0.29) is 11.7 Å². The number of rotatable bonds is 5. The van der Waals surface area contributed by atoms with Gasteiger partial charge in [-0.25, -0.2) is 4.98 Å². The Balaban J connectivity index is 1.53. The molecule has 2 N–H and O–H groups in total. The van der Waals surface area contributed by atoms with Crippen LogP contribution in [0, 0.1) is 6.92 Å². The highest BCUT2D eigenvalue weighted by atomic mass is 35.5. The zero-order valence-electron chi connectivity index (χ0n) is 11.5. The van der Waals surface area contributed by atoms with E-state index in [9.17, 15) is 4.79 Å². The molecular formula is C14H15ClN4OS. The Hall–Kier alpha value is -1.53. The highest BCUT2D eigenvalue weighted by Gasteiger charge is 2.27. The molecule has 110 valence electrons. The maximum atomic E-state index is 11.9. The quantitative estimate of drug-likeness (QED) is 0.828. The molecule has 0 unspecified atom stereocenters. The zero-order valence-corrected chi connectivity index (χ0v) is 13.1. The molecule has 0 saturated heterocycles. The molecule has 0 spiro atoms. The monoisotopic (exact) mass is 322 g/mol. The van der Waals surface area contributed by atoms with Crippen LogP contribution in [-0.2, 0) is 4.79 Å². The molecule has 0 atom stereocenters. The third-order valence-corrected chi connectivity index (χ3v) is 4.34. The number of halogens is 1. The molecule has 0 radical (unpaired) electrons. The molecule has 2 aromatic rings. The van der Waals surface area contributed by atoms with Gasteiger partial charge in [0.2, 0.25) is 11.1 Å². The van der Waals surface area contributed by atoms with Gasteiger partial charge in [-0.2, -0.15) is 0 Å². The topological polar surface area (TPSA) is 70.7 Å². The minimum absolute atomic E-state index is 0.122. The van der Waals surface area contributed by atoms with Crippen LogP contribution < -0.4 is 5.32 Å². The van der Waals surface area contributed by atoms with Crippen molar-refractivity contribution in [2.24, 2.45) is 0 Å². The van der Waals surface area contributed by atoms with E-state index < -0.39 is 0 Å². The molecular weight excluding hydrogens is 308 g/mol. The fourth-order valence-corrected chi connectivity index (χ4v) is 2.79. The predicted octanol–water partition coefficient (Wildman–Crippen LogP) is 3.37. The lowest BCUT2D eigenvalue weighted by Gasteiger charge is -2.06. The van der Waals surface area contributed by atoms with Gasteiger partial charge in [-0.05, 0) is 37.5 Å². The number of aryl methyl sites for hydroxylation is 1. The van der Waals surface area contributed by atoms with Crippen molar-refractivity contribution in [3.8, 4) is 0 Å². The highest BCUT2D eigenvalue weighted by Crippen LogP contribution is 2.38. The Morgan fingerprint density at radius 1 is 1.52 bits per heavy atom. The van der Waals surface area contributed by atoms with Crippen molar-refractivity contribution in [2.45, 2.75) is 30.8 Å². The maximum Gasteiger partial charge on any atom is 0.234 e. The lowest BCUT2D eigenvalue weighted by atomic mass is 10.2. The van der Waals surface area contributed by atoms with E-state index in [1.54, 1.807) is 6.07 Å². The maximum absolute atomic E-state index is 11.9. The summed E-state index contributed by atoms with van der Waals surface area (Å²) in [6.45, 7) is 1.95. The van der Waals surface area contributed by atoms with Crippen LogP contribution in [0.1, 0.15) is 30.1 Å². The second-order valence-electron chi connectivity index (χ2n) is 5.10. The molecule has 7 heteroatoms. The largest absolute Gasteiger partial charge is 0.324 e. The molecule has 1 heterocycles. The van der Waals surface area contributed by atoms with Crippen LogP contribution in [-0.4, -0.2) is 26.8 Å². The van der Waals surface area contributed by atoms with Gasteiger partial charge in [-0.1, -0.05) is 29.4 Å². The highest BCUT2D eigenvalue weighted by molar-refractivity contribution is 7.99. The summed E-state index contributed by atoms with van der Waals surface area (Å²) in [4.78, 5) is 16.3. The Bertz CT molecular complexity index is 669. The van der Waals surface area contributed by atoms with E-state index in [4.69, 9.17) is 11.6 Å². The van der Waals surface area contributed by atoms with E-state index >= 15 is 0 Å². The van der Waals surface area contributed by atoms with Gasteiger partial charge >= 0.3 is 0 Å². The second-order valence-corrected chi connectivity index (χ2v) is 6.45. The number of nitrogens with one attached hydrogen (secondary N) is 2. The number of H-pyrrole nitrogens is 1. The average Bonchev–Trinajstić information content (AvgIpc) is 3.19. The number of aromatic nitrogens is 3. The second kappa shape index (κ2) is 6.07. The number of carbonyl (C=O) groups is 1. The molecule has 1 aliphatic carbocycles. The molecule has 0 bridgehead atoms. The molecule has 1 aliphatic rings. The summed E-state index contributed by atoms with van der Waals surface area (Å²) >= 11 is 7.40. The van der Waals surface area contributed by atoms with Gasteiger partial charge in [0.05, 0.1) is 16.5 Å². The van der Waals surface area contributed by atoms with Gasteiger partial charge in [0.1, 0.15) is 5.82 Å².